The molecule has 2 aliphatic rings. The molecule has 0 amide bonds. The highest BCUT2D eigenvalue weighted by Crippen LogP contribution is 2.48. The lowest BCUT2D eigenvalue weighted by molar-refractivity contribution is -0.147. The second-order valence-corrected chi connectivity index (χ2v) is 8.25. The van der Waals surface area contributed by atoms with Gasteiger partial charge in [-0.25, -0.2) is 4.79 Å². The maximum absolute atomic E-state index is 12.6. The predicted octanol–water partition coefficient (Wildman–Crippen LogP) is 5.52. The molecule has 1 aromatic carbocycles. The Bertz CT molecular complexity index is 694. The first-order valence-corrected chi connectivity index (χ1v) is 10.1. The fraction of sp³-hybridized carbons (Fsp3) is 0.565. The molecular formula is C23H30O4. The number of hydrogen-bond donors (Lipinski definition) is 0. The SMILES string of the molecule is CC1=CC2C(CC1)C(C)CCC2C(C)C(=O)OC(=O)OCc1ccccc1. The van der Waals surface area contributed by atoms with Gasteiger partial charge in [0.05, 0.1) is 5.92 Å². The van der Waals surface area contributed by atoms with E-state index in [-0.39, 0.29) is 18.4 Å². The molecule has 4 heteroatoms. The van der Waals surface area contributed by atoms with Crippen molar-refractivity contribution in [1.82, 2.24) is 0 Å². The highest BCUT2D eigenvalue weighted by molar-refractivity contribution is 5.83. The monoisotopic (exact) mass is 370 g/mol. The minimum atomic E-state index is -0.910. The number of allylic oxidation sites excluding steroid dienone is 2. The molecule has 5 unspecified atom stereocenters. The number of benzene rings is 1. The van der Waals surface area contributed by atoms with E-state index in [0.717, 1.165) is 24.8 Å². The fourth-order valence-corrected chi connectivity index (χ4v) is 4.77. The van der Waals surface area contributed by atoms with Crippen molar-refractivity contribution in [2.75, 3.05) is 0 Å². The van der Waals surface area contributed by atoms with Gasteiger partial charge in [-0.2, -0.15) is 0 Å². The molecular weight excluding hydrogens is 340 g/mol. The Labute approximate surface area is 161 Å². The molecule has 0 bridgehead atoms. The molecule has 3 rings (SSSR count). The average molecular weight is 370 g/mol. The molecule has 0 aromatic heterocycles. The van der Waals surface area contributed by atoms with Crippen LogP contribution in [0.3, 0.4) is 0 Å². The van der Waals surface area contributed by atoms with Gasteiger partial charge in [-0.1, -0.05) is 62.2 Å². The summed E-state index contributed by atoms with van der Waals surface area (Å²) in [6.45, 7) is 6.50. The number of rotatable bonds is 4. The summed E-state index contributed by atoms with van der Waals surface area (Å²) in [4.78, 5) is 24.5. The largest absolute Gasteiger partial charge is 0.516 e. The molecule has 27 heavy (non-hydrogen) atoms. The second-order valence-electron chi connectivity index (χ2n) is 8.25. The number of hydrogen-bond acceptors (Lipinski definition) is 4. The van der Waals surface area contributed by atoms with E-state index in [2.05, 4.69) is 19.9 Å². The minimum absolute atomic E-state index is 0.106. The van der Waals surface area contributed by atoms with Crippen molar-refractivity contribution in [3.05, 3.63) is 47.5 Å². The van der Waals surface area contributed by atoms with Crippen molar-refractivity contribution in [3.8, 4) is 0 Å². The summed E-state index contributed by atoms with van der Waals surface area (Å²) in [6.07, 6.45) is 5.95. The Morgan fingerprint density at radius 3 is 2.63 bits per heavy atom. The maximum Gasteiger partial charge on any atom is 0.516 e. The number of carbonyl (C=O) groups excluding carboxylic acids is 2. The van der Waals surface area contributed by atoms with Gasteiger partial charge in [0.15, 0.2) is 0 Å². The summed E-state index contributed by atoms with van der Waals surface area (Å²) in [5, 5.41) is 0. The van der Waals surface area contributed by atoms with Crippen LogP contribution in [0.1, 0.15) is 52.0 Å². The van der Waals surface area contributed by atoms with Gasteiger partial charge >= 0.3 is 12.1 Å². The van der Waals surface area contributed by atoms with E-state index in [0.29, 0.717) is 17.8 Å². The van der Waals surface area contributed by atoms with Crippen molar-refractivity contribution in [3.63, 3.8) is 0 Å². The zero-order valence-corrected chi connectivity index (χ0v) is 16.5. The van der Waals surface area contributed by atoms with Crippen LogP contribution in [-0.2, 0) is 20.9 Å². The van der Waals surface area contributed by atoms with E-state index in [1.165, 1.54) is 12.0 Å². The third kappa shape index (κ3) is 4.79. The first-order valence-electron chi connectivity index (χ1n) is 10.1. The fourth-order valence-electron chi connectivity index (χ4n) is 4.77. The first kappa shape index (κ1) is 19.7. The zero-order chi connectivity index (χ0) is 19.4. The molecule has 0 heterocycles. The predicted molar refractivity (Wildman–Crippen MR) is 104 cm³/mol. The van der Waals surface area contributed by atoms with E-state index < -0.39 is 12.1 Å². The summed E-state index contributed by atoms with van der Waals surface area (Å²) < 4.78 is 10.1. The van der Waals surface area contributed by atoms with E-state index in [1.54, 1.807) is 0 Å². The van der Waals surface area contributed by atoms with Gasteiger partial charge in [0, 0.05) is 0 Å². The third-order valence-electron chi connectivity index (χ3n) is 6.42. The Balaban J connectivity index is 1.57. The lowest BCUT2D eigenvalue weighted by atomic mass is 9.60. The smallest absolute Gasteiger partial charge is 0.429 e. The van der Waals surface area contributed by atoms with Crippen LogP contribution in [0.25, 0.3) is 0 Å². The molecule has 0 spiro atoms. The number of esters is 1. The van der Waals surface area contributed by atoms with Crippen LogP contribution in [-0.4, -0.2) is 12.1 Å². The third-order valence-corrected chi connectivity index (χ3v) is 6.42. The average Bonchev–Trinajstić information content (AvgIpc) is 2.67. The summed E-state index contributed by atoms with van der Waals surface area (Å²) in [5.74, 6) is 1.18. The lowest BCUT2D eigenvalue weighted by Crippen LogP contribution is -2.40. The molecule has 0 N–H and O–H groups in total. The summed E-state index contributed by atoms with van der Waals surface area (Å²) in [7, 11) is 0. The normalized spacial score (nSPS) is 28.5. The Hall–Kier alpha value is -2.10. The molecule has 2 aliphatic carbocycles. The van der Waals surface area contributed by atoms with Gasteiger partial charge in [0.2, 0.25) is 0 Å². The van der Waals surface area contributed by atoms with Crippen molar-refractivity contribution >= 4 is 12.1 Å². The van der Waals surface area contributed by atoms with Crippen molar-refractivity contribution in [1.29, 1.82) is 0 Å². The Morgan fingerprint density at radius 2 is 1.89 bits per heavy atom. The van der Waals surface area contributed by atoms with E-state index in [4.69, 9.17) is 9.47 Å². The second kappa shape index (κ2) is 8.73. The Morgan fingerprint density at radius 1 is 1.15 bits per heavy atom. The molecule has 4 nitrogen and oxygen atoms in total. The minimum Gasteiger partial charge on any atom is -0.429 e. The topological polar surface area (TPSA) is 52.6 Å². The van der Waals surface area contributed by atoms with Crippen molar-refractivity contribution in [2.24, 2.45) is 29.6 Å². The molecule has 0 saturated heterocycles. The van der Waals surface area contributed by atoms with Crippen LogP contribution in [0.4, 0.5) is 4.79 Å². The van der Waals surface area contributed by atoms with Crippen LogP contribution in [0.15, 0.2) is 42.0 Å². The van der Waals surface area contributed by atoms with E-state index >= 15 is 0 Å². The van der Waals surface area contributed by atoms with Gasteiger partial charge in [0.1, 0.15) is 6.61 Å². The molecule has 0 aliphatic heterocycles. The molecule has 1 fully saturated rings. The van der Waals surface area contributed by atoms with Crippen molar-refractivity contribution in [2.45, 2.75) is 53.1 Å². The summed E-state index contributed by atoms with van der Waals surface area (Å²) >= 11 is 0. The van der Waals surface area contributed by atoms with Gasteiger partial charge < -0.3 is 9.47 Å². The van der Waals surface area contributed by atoms with Gasteiger partial charge in [-0.15, -0.1) is 0 Å². The van der Waals surface area contributed by atoms with Crippen molar-refractivity contribution < 1.29 is 19.1 Å². The standard InChI is InChI=1S/C23H30O4/c1-15-9-11-19-16(2)10-12-20(21(19)13-15)17(3)22(24)27-23(25)26-14-18-7-5-4-6-8-18/h4-8,13,16-17,19-21H,9-12,14H2,1-3H3. The summed E-state index contributed by atoms with van der Waals surface area (Å²) in [6, 6.07) is 9.36. The number of ether oxygens (including phenoxy) is 2. The van der Waals surface area contributed by atoms with E-state index in [9.17, 15) is 9.59 Å². The quantitative estimate of drug-likeness (QED) is 0.398. The highest BCUT2D eigenvalue weighted by atomic mass is 16.7. The lowest BCUT2D eigenvalue weighted by Gasteiger charge is -2.45. The number of fused-ring (bicyclic) bond motifs is 1. The molecule has 1 aromatic rings. The molecule has 0 radical (unpaired) electrons. The first-order chi connectivity index (χ1) is 13.0. The van der Waals surface area contributed by atoms with Crippen LogP contribution in [0, 0.1) is 29.6 Å². The van der Waals surface area contributed by atoms with Crippen LogP contribution >= 0.6 is 0 Å². The van der Waals surface area contributed by atoms with Crippen LogP contribution in [0.5, 0.6) is 0 Å². The molecule has 5 atom stereocenters. The highest BCUT2D eigenvalue weighted by Gasteiger charge is 2.42. The van der Waals surface area contributed by atoms with Gasteiger partial charge in [-0.05, 0) is 55.4 Å². The number of carbonyl (C=O) groups is 2. The Kier molecular flexibility index (Phi) is 6.35. The zero-order valence-electron chi connectivity index (χ0n) is 16.5. The molecule has 146 valence electrons. The molecule has 1 saturated carbocycles. The van der Waals surface area contributed by atoms with Gasteiger partial charge in [-0.3, -0.25) is 4.79 Å². The van der Waals surface area contributed by atoms with Gasteiger partial charge in [0.25, 0.3) is 0 Å². The maximum atomic E-state index is 12.6. The van der Waals surface area contributed by atoms with Crippen LogP contribution < -0.4 is 0 Å². The summed E-state index contributed by atoms with van der Waals surface area (Å²) in [5.41, 5.74) is 2.28. The van der Waals surface area contributed by atoms with Crippen LogP contribution in [0.2, 0.25) is 0 Å². The van der Waals surface area contributed by atoms with E-state index in [1.807, 2.05) is 37.3 Å².